The quantitative estimate of drug-likeness (QED) is 0.664. The number of nitrogens with zero attached hydrogens (tertiary/aromatic N) is 1. The molecule has 1 aromatic rings. The van der Waals surface area contributed by atoms with Gasteiger partial charge in [-0.15, -0.1) is 0 Å². The van der Waals surface area contributed by atoms with E-state index < -0.39 is 18.1 Å². The number of aromatic nitrogens is 2. The second kappa shape index (κ2) is 4.34. The van der Waals surface area contributed by atoms with Crippen LogP contribution in [0.5, 0.6) is 0 Å². The van der Waals surface area contributed by atoms with Crippen molar-refractivity contribution >= 4 is 5.91 Å². The van der Waals surface area contributed by atoms with Crippen LogP contribution >= 0.6 is 0 Å². The zero-order valence-electron chi connectivity index (χ0n) is 6.71. The van der Waals surface area contributed by atoms with Crippen molar-refractivity contribution < 1.29 is 9.18 Å². The van der Waals surface area contributed by atoms with Crippen LogP contribution in [0.4, 0.5) is 4.39 Å². The summed E-state index contributed by atoms with van der Waals surface area (Å²) in [5.74, 6) is -0.619. The minimum absolute atomic E-state index is 0.104. The SMILES string of the molecule is O=C(NCCF)c1cnc[nH]c1=O. The number of hydrogen-bond acceptors (Lipinski definition) is 3. The fraction of sp³-hybridized carbons (Fsp3) is 0.286. The minimum atomic E-state index is -0.663. The molecule has 0 aromatic carbocycles. The third-order valence-corrected chi connectivity index (χ3v) is 1.34. The Hall–Kier alpha value is -1.72. The van der Waals surface area contributed by atoms with Crippen LogP contribution in [-0.2, 0) is 0 Å². The largest absolute Gasteiger partial charge is 0.349 e. The predicted molar refractivity (Wildman–Crippen MR) is 43.2 cm³/mol. The molecule has 0 radical (unpaired) electrons. The van der Waals surface area contributed by atoms with Crippen molar-refractivity contribution in [2.75, 3.05) is 13.2 Å². The molecule has 0 saturated heterocycles. The van der Waals surface area contributed by atoms with Crippen LogP contribution in [0, 0.1) is 0 Å². The van der Waals surface area contributed by atoms with Crippen molar-refractivity contribution in [2.45, 2.75) is 0 Å². The van der Waals surface area contributed by atoms with Crippen molar-refractivity contribution in [1.29, 1.82) is 0 Å². The molecule has 1 rings (SSSR count). The number of hydrogen-bond donors (Lipinski definition) is 2. The highest BCUT2D eigenvalue weighted by Crippen LogP contribution is 1.85. The summed E-state index contributed by atoms with van der Waals surface area (Å²) in [6.07, 6.45) is 2.31. The molecular weight excluding hydrogens is 177 g/mol. The normalized spacial score (nSPS) is 9.62. The summed E-state index contributed by atoms with van der Waals surface area (Å²) in [4.78, 5) is 27.9. The van der Waals surface area contributed by atoms with Crippen molar-refractivity contribution in [3.05, 3.63) is 28.4 Å². The Morgan fingerprint density at radius 2 is 2.46 bits per heavy atom. The Morgan fingerprint density at radius 3 is 3.08 bits per heavy atom. The molecule has 0 fully saturated rings. The van der Waals surface area contributed by atoms with E-state index in [1.54, 1.807) is 0 Å². The predicted octanol–water partition coefficient (Wildman–Crippen LogP) is -0.531. The summed E-state index contributed by atoms with van der Waals surface area (Å²) in [6, 6.07) is 0. The maximum atomic E-state index is 11.7. The summed E-state index contributed by atoms with van der Waals surface area (Å²) in [5, 5.41) is 2.22. The standard InChI is InChI=1S/C7H8FN3O2/c8-1-2-10-6(12)5-3-9-4-11-7(5)13/h3-4H,1-2H2,(H,10,12)(H,9,11,13). The van der Waals surface area contributed by atoms with E-state index in [2.05, 4.69) is 15.3 Å². The molecule has 0 unspecified atom stereocenters. The van der Waals surface area contributed by atoms with E-state index in [9.17, 15) is 14.0 Å². The average Bonchev–Trinajstić information content (AvgIpc) is 2.15. The van der Waals surface area contributed by atoms with E-state index in [0.29, 0.717) is 0 Å². The Kier molecular flexibility index (Phi) is 3.13. The lowest BCUT2D eigenvalue weighted by molar-refractivity contribution is 0.0949. The number of amides is 1. The lowest BCUT2D eigenvalue weighted by atomic mass is 10.3. The molecule has 5 nitrogen and oxygen atoms in total. The molecule has 0 bridgehead atoms. The van der Waals surface area contributed by atoms with Crippen LogP contribution in [0.2, 0.25) is 0 Å². The molecule has 0 atom stereocenters. The number of halogens is 1. The first kappa shape index (κ1) is 9.37. The monoisotopic (exact) mass is 185 g/mol. The van der Waals surface area contributed by atoms with Gasteiger partial charge in [-0.25, -0.2) is 9.37 Å². The molecule has 0 aliphatic carbocycles. The number of rotatable bonds is 3. The molecule has 0 aliphatic rings. The van der Waals surface area contributed by atoms with Crippen LogP contribution in [-0.4, -0.2) is 29.1 Å². The molecule has 0 spiro atoms. The molecule has 0 saturated carbocycles. The lowest BCUT2D eigenvalue weighted by Gasteiger charge is -1.99. The van der Waals surface area contributed by atoms with E-state index in [1.165, 1.54) is 6.33 Å². The summed E-state index contributed by atoms with van der Waals surface area (Å²) in [6.45, 7) is -0.767. The van der Waals surface area contributed by atoms with Gasteiger partial charge in [0.15, 0.2) is 0 Å². The number of alkyl halides is 1. The molecule has 1 amide bonds. The molecule has 0 aliphatic heterocycles. The Balaban J connectivity index is 2.77. The number of nitrogens with one attached hydrogen (secondary N) is 2. The average molecular weight is 185 g/mol. The second-order valence-corrected chi connectivity index (χ2v) is 2.24. The Morgan fingerprint density at radius 1 is 1.69 bits per heavy atom. The van der Waals surface area contributed by atoms with Crippen molar-refractivity contribution in [1.82, 2.24) is 15.3 Å². The van der Waals surface area contributed by atoms with E-state index in [-0.39, 0.29) is 12.1 Å². The highest BCUT2D eigenvalue weighted by atomic mass is 19.1. The third kappa shape index (κ3) is 2.36. The Bertz CT molecular complexity index is 350. The first-order valence-electron chi connectivity index (χ1n) is 3.62. The van der Waals surface area contributed by atoms with Gasteiger partial charge in [-0.1, -0.05) is 0 Å². The highest BCUT2D eigenvalue weighted by Gasteiger charge is 2.08. The lowest BCUT2D eigenvalue weighted by Crippen LogP contribution is -2.30. The maximum absolute atomic E-state index is 11.7. The van der Waals surface area contributed by atoms with Gasteiger partial charge in [0.1, 0.15) is 12.2 Å². The number of H-pyrrole nitrogens is 1. The van der Waals surface area contributed by atoms with Crippen molar-refractivity contribution in [3.63, 3.8) is 0 Å². The fourth-order valence-electron chi connectivity index (χ4n) is 0.762. The van der Waals surface area contributed by atoms with E-state index >= 15 is 0 Å². The zero-order chi connectivity index (χ0) is 9.68. The first-order valence-corrected chi connectivity index (χ1v) is 3.62. The van der Waals surface area contributed by atoms with Crippen LogP contribution in [0.1, 0.15) is 10.4 Å². The summed E-state index contributed by atoms with van der Waals surface area (Å²) in [7, 11) is 0. The van der Waals surface area contributed by atoms with Gasteiger partial charge < -0.3 is 10.3 Å². The van der Waals surface area contributed by atoms with Gasteiger partial charge in [0, 0.05) is 12.7 Å². The number of carbonyl (C=O) groups is 1. The van der Waals surface area contributed by atoms with Crippen LogP contribution in [0.3, 0.4) is 0 Å². The molecule has 13 heavy (non-hydrogen) atoms. The molecule has 6 heteroatoms. The number of carbonyl (C=O) groups excluding carboxylic acids is 1. The van der Waals surface area contributed by atoms with Gasteiger partial charge in [0.05, 0.1) is 6.33 Å². The maximum Gasteiger partial charge on any atom is 0.263 e. The number of aromatic amines is 1. The van der Waals surface area contributed by atoms with E-state index in [1.807, 2.05) is 0 Å². The topological polar surface area (TPSA) is 74.8 Å². The van der Waals surface area contributed by atoms with Gasteiger partial charge in [-0.3, -0.25) is 9.59 Å². The van der Waals surface area contributed by atoms with E-state index in [0.717, 1.165) is 6.20 Å². The smallest absolute Gasteiger partial charge is 0.263 e. The Labute approximate surface area is 73.0 Å². The summed E-state index contributed by atoms with van der Waals surface area (Å²) in [5.41, 5.74) is -0.651. The third-order valence-electron chi connectivity index (χ3n) is 1.34. The first-order chi connectivity index (χ1) is 6.25. The van der Waals surface area contributed by atoms with Crippen LogP contribution < -0.4 is 10.9 Å². The second-order valence-electron chi connectivity index (χ2n) is 2.24. The molecule has 70 valence electrons. The van der Waals surface area contributed by atoms with Crippen LogP contribution in [0.25, 0.3) is 0 Å². The molecular formula is C7H8FN3O2. The van der Waals surface area contributed by atoms with Gasteiger partial charge in [0.25, 0.3) is 11.5 Å². The molecule has 1 heterocycles. The fourth-order valence-corrected chi connectivity index (χ4v) is 0.762. The summed E-state index contributed by atoms with van der Waals surface area (Å²) < 4.78 is 11.7. The van der Waals surface area contributed by atoms with Crippen LogP contribution in [0.15, 0.2) is 17.3 Å². The van der Waals surface area contributed by atoms with Crippen molar-refractivity contribution in [2.24, 2.45) is 0 Å². The zero-order valence-corrected chi connectivity index (χ0v) is 6.71. The molecule has 1 aromatic heterocycles. The minimum Gasteiger partial charge on any atom is -0.349 e. The van der Waals surface area contributed by atoms with Gasteiger partial charge in [0.2, 0.25) is 0 Å². The van der Waals surface area contributed by atoms with Gasteiger partial charge in [-0.2, -0.15) is 0 Å². The molecule has 2 N–H and O–H groups in total. The van der Waals surface area contributed by atoms with Crippen molar-refractivity contribution in [3.8, 4) is 0 Å². The van der Waals surface area contributed by atoms with Gasteiger partial charge in [-0.05, 0) is 0 Å². The highest BCUT2D eigenvalue weighted by molar-refractivity contribution is 5.93. The van der Waals surface area contributed by atoms with Gasteiger partial charge >= 0.3 is 0 Å². The van der Waals surface area contributed by atoms with E-state index in [4.69, 9.17) is 0 Å². The summed E-state index contributed by atoms with van der Waals surface area (Å²) >= 11 is 0.